The Labute approximate surface area is 140 Å². The minimum Gasteiger partial charge on any atom is -0.297 e. The molecular formula is C16H7Cl2F2N3. The molecule has 0 atom stereocenters. The minimum absolute atomic E-state index is 0.0288. The summed E-state index contributed by atoms with van der Waals surface area (Å²) in [4.78, 5) is 3.91. The molecule has 0 saturated heterocycles. The largest absolute Gasteiger partial charge is 0.297 e. The zero-order valence-corrected chi connectivity index (χ0v) is 12.9. The summed E-state index contributed by atoms with van der Waals surface area (Å²) >= 11 is 11.9. The molecule has 0 unspecified atom stereocenters. The summed E-state index contributed by atoms with van der Waals surface area (Å²) in [5.74, 6) is -1.82. The van der Waals surface area contributed by atoms with Gasteiger partial charge in [0.1, 0.15) is 18.2 Å². The SMILES string of the molecule is N#Cc1ccc(F)c(-c2c(Cl)ncn2-c2ccc(Cl)cc2)c1F. The van der Waals surface area contributed by atoms with Crippen LogP contribution in [0.2, 0.25) is 10.2 Å². The Balaban J connectivity index is 2.29. The Morgan fingerprint density at radius 2 is 1.74 bits per heavy atom. The van der Waals surface area contributed by atoms with Crippen LogP contribution in [0.15, 0.2) is 42.7 Å². The first-order chi connectivity index (χ1) is 11.0. The van der Waals surface area contributed by atoms with E-state index in [0.29, 0.717) is 10.7 Å². The van der Waals surface area contributed by atoms with Crippen molar-refractivity contribution in [3.8, 4) is 23.0 Å². The second kappa shape index (κ2) is 5.99. The first kappa shape index (κ1) is 15.5. The van der Waals surface area contributed by atoms with E-state index in [0.717, 1.165) is 12.1 Å². The third-order valence-electron chi connectivity index (χ3n) is 3.28. The van der Waals surface area contributed by atoms with Gasteiger partial charge < -0.3 is 0 Å². The van der Waals surface area contributed by atoms with Gasteiger partial charge in [0, 0.05) is 10.7 Å². The van der Waals surface area contributed by atoms with Crippen molar-refractivity contribution in [2.75, 3.05) is 0 Å². The van der Waals surface area contributed by atoms with Crippen molar-refractivity contribution < 1.29 is 8.78 Å². The highest BCUT2D eigenvalue weighted by atomic mass is 35.5. The Bertz CT molecular complexity index is 928. The van der Waals surface area contributed by atoms with Gasteiger partial charge >= 0.3 is 0 Å². The number of hydrogen-bond acceptors (Lipinski definition) is 2. The summed E-state index contributed by atoms with van der Waals surface area (Å²) in [5.41, 5.74) is -0.0751. The van der Waals surface area contributed by atoms with Gasteiger partial charge in [0.05, 0.1) is 16.8 Å². The molecule has 2 aromatic carbocycles. The molecule has 3 rings (SSSR count). The predicted molar refractivity (Wildman–Crippen MR) is 83.7 cm³/mol. The van der Waals surface area contributed by atoms with Crippen LogP contribution < -0.4 is 0 Å². The summed E-state index contributed by atoms with van der Waals surface area (Å²) in [6.07, 6.45) is 1.35. The number of halogens is 4. The zero-order valence-electron chi connectivity index (χ0n) is 11.4. The Kier molecular flexibility index (Phi) is 4.03. The molecular weight excluding hydrogens is 343 g/mol. The Morgan fingerprint density at radius 1 is 1.04 bits per heavy atom. The third-order valence-corrected chi connectivity index (χ3v) is 3.80. The van der Waals surface area contributed by atoms with Crippen LogP contribution in [-0.2, 0) is 0 Å². The van der Waals surface area contributed by atoms with E-state index in [2.05, 4.69) is 4.98 Å². The average Bonchev–Trinajstić information content (AvgIpc) is 2.90. The number of aromatic nitrogens is 2. The highest BCUT2D eigenvalue weighted by Crippen LogP contribution is 2.34. The van der Waals surface area contributed by atoms with Gasteiger partial charge in [-0.2, -0.15) is 5.26 Å². The molecule has 0 aliphatic rings. The fraction of sp³-hybridized carbons (Fsp3) is 0. The van der Waals surface area contributed by atoms with Crippen molar-refractivity contribution in [1.29, 1.82) is 5.26 Å². The molecule has 0 bridgehead atoms. The lowest BCUT2D eigenvalue weighted by molar-refractivity contribution is 0.585. The van der Waals surface area contributed by atoms with Crippen molar-refractivity contribution >= 4 is 23.2 Å². The highest BCUT2D eigenvalue weighted by molar-refractivity contribution is 6.32. The molecule has 7 heteroatoms. The van der Waals surface area contributed by atoms with E-state index >= 15 is 0 Å². The third kappa shape index (κ3) is 2.67. The van der Waals surface area contributed by atoms with Crippen molar-refractivity contribution in [3.63, 3.8) is 0 Å². The number of nitrogens with zero attached hydrogens (tertiary/aromatic N) is 3. The standard InChI is InChI=1S/C16H7Cl2F2N3/c17-10-2-4-11(5-3-10)23-8-22-16(18)15(23)13-12(19)6-1-9(7-21)14(13)20/h1-6,8H. The van der Waals surface area contributed by atoms with Crippen LogP contribution in [0.25, 0.3) is 16.9 Å². The average molecular weight is 350 g/mol. The first-order valence-corrected chi connectivity index (χ1v) is 7.15. The van der Waals surface area contributed by atoms with Crippen molar-refractivity contribution in [3.05, 3.63) is 70.1 Å². The van der Waals surface area contributed by atoms with Crippen molar-refractivity contribution in [2.24, 2.45) is 0 Å². The molecule has 0 aliphatic heterocycles. The molecule has 0 radical (unpaired) electrons. The lowest BCUT2D eigenvalue weighted by Crippen LogP contribution is -2.01. The number of nitriles is 1. The summed E-state index contributed by atoms with van der Waals surface area (Å²) in [5, 5.41) is 9.38. The quantitative estimate of drug-likeness (QED) is 0.653. The summed E-state index contributed by atoms with van der Waals surface area (Å²) in [7, 11) is 0. The molecule has 3 nitrogen and oxygen atoms in total. The van der Waals surface area contributed by atoms with E-state index in [1.165, 1.54) is 10.9 Å². The van der Waals surface area contributed by atoms with Gasteiger partial charge in [-0.25, -0.2) is 13.8 Å². The van der Waals surface area contributed by atoms with Gasteiger partial charge in [-0.1, -0.05) is 23.2 Å². The zero-order chi connectivity index (χ0) is 16.6. The fourth-order valence-electron chi connectivity index (χ4n) is 2.20. The lowest BCUT2D eigenvalue weighted by atomic mass is 10.1. The maximum atomic E-state index is 14.5. The number of hydrogen-bond donors (Lipinski definition) is 0. The van der Waals surface area contributed by atoms with Gasteiger partial charge in [0.15, 0.2) is 11.0 Å². The monoisotopic (exact) mass is 349 g/mol. The molecule has 0 fully saturated rings. The molecule has 0 spiro atoms. The fourth-order valence-corrected chi connectivity index (χ4v) is 2.56. The van der Waals surface area contributed by atoms with Crippen molar-refractivity contribution in [1.82, 2.24) is 9.55 Å². The molecule has 23 heavy (non-hydrogen) atoms. The number of rotatable bonds is 2. The van der Waals surface area contributed by atoms with Gasteiger partial charge in [0.2, 0.25) is 0 Å². The number of imidazole rings is 1. The van der Waals surface area contributed by atoms with Crippen molar-refractivity contribution in [2.45, 2.75) is 0 Å². The predicted octanol–water partition coefficient (Wildman–Crippen LogP) is 5.00. The lowest BCUT2D eigenvalue weighted by Gasteiger charge is -2.11. The van der Waals surface area contributed by atoms with E-state index < -0.39 is 17.2 Å². The van der Waals surface area contributed by atoms with Crippen LogP contribution in [0, 0.1) is 23.0 Å². The molecule has 0 amide bonds. The maximum Gasteiger partial charge on any atom is 0.155 e. The maximum absolute atomic E-state index is 14.5. The second-order valence-corrected chi connectivity index (χ2v) is 5.42. The molecule has 0 saturated carbocycles. The smallest absolute Gasteiger partial charge is 0.155 e. The van der Waals surface area contributed by atoms with Crippen LogP contribution in [0.5, 0.6) is 0 Å². The van der Waals surface area contributed by atoms with Crippen LogP contribution in [0.4, 0.5) is 8.78 Å². The van der Waals surface area contributed by atoms with Crippen LogP contribution >= 0.6 is 23.2 Å². The molecule has 114 valence electrons. The van der Waals surface area contributed by atoms with E-state index in [1.807, 2.05) is 0 Å². The highest BCUT2D eigenvalue weighted by Gasteiger charge is 2.22. The van der Waals surface area contributed by atoms with Gasteiger partial charge in [-0.3, -0.25) is 4.57 Å². The summed E-state index contributed by atoms with van der Waals surface area (Å²) in [6, 6.07) is 10.4. The van der Waals surface area contributed by atoms with E-state index in [1.54, 1.807) is 30.3 Å². The van der Waals surface area contributed by atoms with Gasteiger partial charge in [-0.15, -0.1) is 0 Å². The van der Waals surface area contributed by atoms with Gasteiger partial charge in [0.25, 0.3) is 0 Å². The van der Waals surface area contributed by atoms with Crippen LogP contribution in [0.3, 0.4) is 0 Å². The molecule has 3 aromatic rings. The molecule has 1 heterocycles. The topological polar surface area (TPSA) is 41.6 Å². The van der Waals surface area contributed by atoms with Crippen LogP contribution in [-0.4, -0.2) is 9.55 Å². The molecule has 1 aromatic heterocycles. The summed E-state index contributed by atoms with van der Waals surface area (Å²) in [6.45, 7) is 0. The normalized spacial score (nSPS) is 10.6. The Hall–Kier alpha value is -2.42. The van der Waals surface area contributed by atoms with Crippen LogP contribution in [0.1, 0.15) is 5.56 Å². The Morgan fingerprint density at radius 3 is 2.39 bits per heavy atom. The first-order valence-electron chi connectivity index (χ1n) is 6.40. The van der Waals surface area contributed by atoms with E-state index in [-0.39, 0.29) is 16.4 Å². The second-order valence-electron chi connectivity index (χ2n) is 4.63. The minimum atomic E-state index is -0.981. The van der Waals surface area contributed by atoms with Gasteiger partial charge in [-0.05, 0) is 36.4 Å². The molecule has 0 N–H and O–H groups in total. The summed E-state index contributed by atoms with van der Waals surface area (Å²) < 4.78 is 30.1. The number of benzene rings is 2. The molecule has 0 aliphatic carbocycles. The van der Waals surface area contributed by atoms with E-state index in [9.17, 15) is 8.78 Å². The van der Waals surface area contributed by atoms with E-state index in [4.69, 9.17) is 28.5 Å².